The molecule has 198 valence electrons. The fraction of sp³-hybridized carbons (Fsp3) is 0.462. The molecular formula is C13H24NO16P3S. The highest BCUT2D eigenvalue weighted by Crippen LogP contribution is 2.38. The fourth-order valence-corrected chi connectivity index (χ4v) is 3.30. The van der Waals surface area contributed by atoms with Gasteiger partial charge in [-0.15, -0.1) is 11.3 Å². The third-order valence-corrected chi connectivity index (χ3v) is 4.44. The number of aromatic nitrogens is 1. The molecule has 0 saturated carbocycles. The molecule has 2 heterocycles. The van der Waals surface area contributed by atoms with Gasteiger partial charge in [-0.1, -0.05) is 0 Å². The number of thiazole rings is 1. The van der Waals surface area contributed by atoms with Crippen LogP contribution in [0.5, 0.6) is 5.75 Å². The lowest BCUT2D eigenvalue weighted by Crippen LogP contribution is -2.28. The van der Waals surface area contributed by atoms with Gasteiger partial charge in [0.25, 0.3) is 0 Å². The first kappa shape index (κ1) is 33.1. The van der Waals surface area contributed by atoms with Gasteiger partial charge in [0, 0.05) is 0 Å². The van der Waals surface area contributed by atoms with Crippen LogP contribution in [0, 0.1) is 0 Å². The van der Waals surface area contributed by atoms with Crippen LogP contribution in [-0.4, -0.2) is 84.7 Å². The van der Waals surface area contributed by atoms with Crippen molar-refractivity contribution in [2.45, 2.75) is 31.3 Å². The molecule has 1 aromatic heterocycles. The fourth-order valence-electron chi connectivity index (χ4n) is 2.22. The lowest BCUT2D eigenvalue weighted by atomic mass is 10.1. The Morgan fingerprint density at radius 3 is 1.68 bits per heavy atom. The predicted molar refractivity (Wildman–Crippen MR) is 114 cm³/mol. The Morgan fingerprint density at radius 2 is 1.32 bits per heavy atom. The number of fused-ring (bicyclic) bond motifs is 1. The molecule has 2 aromatic rings. The third kappa shape index (κ3) is 15.9. The molecular weight excluding hydrogens is 551 g/mol. The van der Waals surface area contributed by atoms with Crippen molar-refractivity contribution in [1.82, 2.24) is 4.98 Å². The topological polar surface area (TPSA) is 305 Å². The van der Waals surface area contributed by atoms with Crippen molar-refractivity contribution in [1.29, 1.82) is 0 Å². The SMILES string of the molecule is COc1ccc2nc(C3OC(C)C(O)C3O)sc2c1.O=P(O)(O)O.O=P(O)(O)O.O=P(O)(O)O. The molecule has 0 radical (unpaired) electrons. The van der Waals surface area contributed by atoms with Crippen LogP contribution in [0.4, 0.5) is 0 Å². The summed E-state index contributed by atoms with van der Waals surface area (Å²) in [6, 6.07) is 5.61. The maximum Gasteiger partial charge on any atom is 0.466 e. The summed E-state index contributed by atoms with van der Waals surface area (Å²) < 4.78 is 38.4. The van der Waals surface area contributed by atoms with Crippen LogP contribution in [0.1, 0.15) is 18.0 Å². The zero-order valence-electron chi connectivity index (χ0n) is 17.2. The molecule has 4 unspecified atom stereocenters. The first-order valence-corrected chi connectivity index (χ1v) is 13.9. The second-order valence-corrected chi connectivity index (χ2v) is 10.3. The van der Waals surface area contributed by atoms with Crippen molar-refractivity contribution >= 4 is 45.0 Å². The summed E-state index contributed by atoms with van der Waals surface area (Å²) in [5.41, 5.74) is 0.839. The molecule has 1 saturated heterocycles. The van der Waals surface area contributed by atoms with E-state index in [4.69, 9.17) is 67.2 Å². The Kier molecular flexibility index (Phi) is 13.1. The quantitative estimate of drug-likeness (QED) is 0.185. The van der Waals surface area contributed by atoms with Crippen LogP contribution in [-0.2, 0) is 18.4 Å². The molecule has 0 amide bonds. The van der Waals surface area contributed by atoms with Crippen LogP contribution in [0.25, 0.3) is 10.2 Å². The number of nitrogens with zero attached hydrogens (tertiary/aromatic N) is 1. The number of aliphatic hydroxyl groups is 2. The minimum absolute atomic E-state index is 0.387. The van der Waals surface area contributed by atoms with Crippen LogP contribution in [0.15, 0.2) is 18.2 Å². The van der Waals surface area contributed by atoms with E-state index >= 15 is 0 Å². The van der Waals surface area contributed by atoms with Crippen molar-refractivity contribution in [3.8, 4) is 5.75 Å². The summed E-state index contributed by atoms with van der Waals surface area (Å²) in [6.07, 6.45) is -2.75. The maximum atomic E-state index is 9.97. The summed E-state index contributed by atoms with van der Waals surface area (Å²) in [5.74, 6) is 0.768. The van der Waals surface area contributed by atoms with Gasteiger partial charge in [0.1, 0.15) is 29.1 Å². The van der Waals surface area contributed by atoms with Gasteiger partial charge in [-0.25, -0.2) is 18.7 Å². The number of rotatable bonds is 2. The van der Waals surface area contributed by atoms with Crippen molar-refractivity contribution in [3.63, 3.8) is 0 Å². The summed E-state index contributed by atoms with van der Waals surface area (Å²) in [7, 11) is -12.3. The number of aliphatic hydroxyl groups excluding tert-OH is 2. The molecule has 3 rings (SSSR count). The molecule has 1 aromatic carbocycles. The van der Waals surface area contributed by atoms with E-state index in [1.54, 1.807) is 14.0 Å². The average molecular weight is 575 g/mol. The normalized spacial score (nSPS) is 22.5. The van der Waals surface area contributed by atoms with E-state index in [-0.39, 0.29) is 6.10 Å². The molecule has 21 heteroatoms. The number of phosphoric acid groups is 3. The van der Waals surface area contributed by atoms with Gasteiger partial charge < -0.3 is 63.7 Å². The van der Waals surface area contributed by atoms with Gasteiger partial charge >= 0.3 is 23.5 Å². The molecule has 34 heavy (non-hydrogen) atoms. The van der Waals surface area contributed by atoms with Crippen molar-refractivity contribution in [2.24, 2.45) is 0 Å². The molecule has 1 fully saturated rings. The lowest BCUT2D eigenvalue weighted by molar-refractivity contribution is 0.0151. The third-order valence-electron chi connectivity index (χ3n) is 3.36. The molecule has 1 aliphatic rings. The zero-order valence-corrected chi connectivity index (χ0v) is 20.7. The van der Waals surface area contributed by atoms with E-state index < -0.39 is 41.8 Å². The smallest absolute Gasteiger partial charge is 0.466 e. The van der Waals surface area contributed by atoms with Crippen molar-refractivity contribution in [2.75, 3.05) is 7.11 Å². The van der Waals surface area contributed by atoms with Crippen LogP contribution in [0.3, 0.4) is 0 Å². The second-order valence-electron chi connectivity index (χ2n) is 6.17. The van der Waals surface area contributed by atoms with Gasteiger partial charge in [-0.05, 0) is 25.1 Å². The van der Waals surface area contributed by atoms with Gasteiger partial charge in [-0.2, -0.15) is 0 Å². The number of hydrogen-bond donors (Lipinski definition) is 11. The predicted octanol–water partition coefficient (Wildman–Crippen LogP) is -1.30. The van der Waals surface area contributed by atoms with E-state index in [2.05, 4.69) is 4.98 Å². The van der Waals surface area contributed by atoms with Crippen molar-refractivity contribution in [3.05, 3.63) is 23.2 Å². The Bertz CT molecular complexity index is 974. The Labute approximate surface area is 195 Å². The molecule has 0 bridgehead atoms. The number of methoxy groups -OCH3 is 1. The van der Waals surface area contributed by atoms with Crippen LogP contribution < -0.4 is 4.74 Å². The molecule has 17 nitrogen and oxygen atoms in total. The van der Waals surface area contributed by atoms with E-state index in [0.29, 0.717) is 5.01 Å². The highest BCUT2D eigenvalue weighted by atomic mass is 32.1. The van der Waals surface area contributed by atoms with E-state index in [1.165, 1.54) is 11.3 Å². The molecule has 0 spiro atoms. The highest BCUT2D eigenvalue weighted by Gasteiger charge is 2.42. The molecule has 4 atom stereocenters. The van der Waals surface area contributed by atoms with E-state index in [9.17, 15) is 10.2 Å². The van der Waals surface area contributed by atoms with Gasteiger partial charge in [0.15, 0.2) is 0 Å². The Morgan fingerprint density at radius 1 is 0.882 bits per heavy atom. The first-order valence-electron chi connectivity index (χ1n) is 8.41. The monoisotopic (exact) mass is 575 g/mol. The lowest BCUT2D eigenvalue weighted by Gasteiger charge is -2.11. The first-order chi connectivity index (χ1) is 15.1. The van der Waals surface area contributed by atoms with Gasteiger partial charge in [0.05, 0.1) is 23.4 Å². The standard InChI is InChI=1S/C13H15NO4S.3H3O4P/c1-6-10(15)11(16)12(18-6)13-14-8-4-3-7(17-2)5-9(8)19-13;3*1-5(2,3)4/h3-6,10-12,15-16H,1-2H3;3*(H3,1,2,3,4). The highest BCUT2D eigenvalue weighted by molar-refractivity contribution is 7.45. The van der Waals surface area contributed by atoms with Gasteiger partial charge in [-0.3, -0.25) is 0 Å². The average Bonchev–Trinajstić information content (AvgIpc) is 3.13. The van der Waals surface area contributed by atoms with E-state index in [0.717, 1.165) is 16.0 Å². The minimum atomic E-state index is -4.64. The summed E-state index contributed by atoms with van der Waals surface area (Å²) in [4.78, 5) is 69.1. The molecule has 0 aliphatic carbocycles. The van der Waals surface area contributed by atoms with E-state index in [1.807, 2.05) is 18.2 Å². The summed E-state index contributed by atoms with van der Waals surface area (Å²) in [6.45, 7) is 1.74. The Hall–Kier alpha value is -0.880. The molecule has 11 N–H and O–H groups in total. The number of benzene rings is 1. The van der Waals surface area contributed by atoms with Crippen LogP contribution in [0.2, 0.25) is 0 Å². The largest absolute Gasteiger partial charge is 0.497 e. The maximum absolute atomic E-state index is 9.97. The number of ether oxygens (including phenoxy) is 2. The van der Waals surface area contributed by atoms with Crippen LogP contribution >= 0.6 is 34.8 Å². The van der Waals surface area contributed by atoms with Crippen molar-refractivity contribution < 1.29 is 77.4 Å². The number of hydrogen-bond acceptors (Lipinski definition) is 9. The Balaban J connectivity index is 0.000000599. The molecule has 1 aliphatic heterocycles. The van der Waals surface area contributed by atoms with Gasteiger partial charge in [0.2, 0.25) is 0 Å². The summed E-state index contributed by atoms with van der Waals surface area (Å²) >= 11 is 1.44. The second kappa shape index (κ2) is 13.4. The summed E-state index contributed by atoms with van der Waals surface area (Å²) in [5, 5.41) is 20.4. The zero-order chi connectivity index (χ0) is 27.1. The minimum Gasteiger partial charge on any atom is -0.497 e.